The van der Waals surface area contributed by atoms with Crippen molar-refractivity contribution in [3.63, 3.8) is 0 Å². The summed E-state index contributed by atoms with van der Waals surface area (Å²) in [5.74, 6) is -1.58. The van der Waals surface area contributed by atoms with Gasteiger partial charge in [0, 0.05) is 0 Å². The molecule has 0 spiro atoms. The van der Waals surface area contributed by atoms with E-state index < -0.39 is 17.7 Å². The second-order valence-corrected chi connectivity index (χ2v) is 4.61. The van der Waals surface area contributed by atoms with Crippen molar-refractivity contribution in [2.45, 2.75) is 59.3 Å². The summed E-state index contributed by atoms with van der Waals surface area (Å²) in [5.41, 5.74) is -0.418. The van der Waals surface area contributed by atoms with Gasteiger partial charge in [0.25, 0.3) is 5.71 Å². The van der Waals surface area contributed by atoms with Crippen LogP contribution in [0.4, 0.5) is 0 Å². The van der Waals surface area contributed by atoms with Crippen LogP contribution >= 0.6 is 0 Å². The molecule has 0 unspecified atom stereocenters. The number of carbonyl (C=O) groups is 2. The standard InChI is InChI=1S/C15H27NO5/c1-4-7-10-19-14(17)13(16-21-12-9-6-3)15(18)20-11-8-5-2/h4-12H2,1-3H3. The molecule has 0 atom stereocenters. The minimum atomic E-state index is -0.790. The quantitative estimate of drug-likeness (QED) is 0.182. The Morgan fingerprint density at radius 2 is 1.19 bits per heavy atom. The Morgan fingerprint density at radius 3 is 1.62 bits per heavy atom. The number of nitrogens with zero attached hydrogens (tertiary/aromatic N) is 1. The van der Waals surface area contributed by atoms with Gasteiger partial charge in [-0.05, 0) is 19.3 Å². The van der Waals surface area contributed by atoms with E-state index in [0.29, 0.717) is 6.61 Å². The Bertz CT molecular complexity index is 304. The first-order chi connectivity index (χ1) is 10.2. The zero-order valence-electron chi connectivity index (χ0n) is 13.4. The first-order valence-corrected chi connectivity index (χ1v) is 7.71. The van der Waals surface area contributed by atoms with Crippen molar-refractivity contribution in [2.75, 3.05) is 19.8 Å². The highest BCUT2D eigenvalue weighted by Crippen LogP contribution is 1.98. The summed E-state index contributed by atoms with van der Waals surface area (Å²) >= 11 is 0. The van der Waals surface area contributed by atoms with Crippen molar-refractivity contribution < 1.29 is 23.9 Å². The van der Waals surface area contributed by atoms with Crippen LogP contribution < -0.4 is 0 Å². The fraction of sp³-hybridized carbons (Fsp3) is 0.800. The van der Waals surface area contributed by atoms with E-state index in [4.69, 9.17) is 14.3 Å². The molecule has 0 saturated carbocycles. The smallest absolute Gasteiger partial charge is 0.368 e. The molecule has 0 N–H and O–H groups in total. The van der Waals surface area contributed by atoms with Crippen LogP contribution in [0.25, 0.3) is 0 Å². The first kappa shape index (κ1) is 19.4. The third-order valence-corrected chi connectivity index (χ3v) is 2.59. The normalized spacial score (nSPS) is 9.86. The number of hydrogen-bond donors (Lipinski definition) is 0. The monoisotopic (exact) mass is 301 g/mol. The second-order valence-electron chi connectivity index (χ2n) is 4.61. The van der Waals surface area contributed by atoms with Crippen LogP contribution in [0.1, 0.15) is 59.3 Å². The number of oxime groups is 1. The van der Waals surface area contributed by atoms with Gasteiger partial charge in [-0.2, -0.15) is 0 Å². The highest BCUT2D eigenvalue weighted by Gasteiger charge is 2.25. The molecule has 0 aromatic heterocycles. The summed E-state index contributed by atoms with van der Waals surface area (Å²) in [6, 6.07) is 0. The van der Waals surface area contributed by atoms with E-state index in [2.05, 4.69) is 5.16 Å². The molecule has 0 aromatic rings. The SMILES string of the molecule is CCCCON=C(C(=O)OCCCC)C(=O)OCCCC. The van der Waals surface area contributed by atoms with Crippen molar-refractivity contribution in [3.05, 3.63) is 0 Å². The molecule has 0 amide bonds. The van der Waals surface area contributed by atoms with Crippen LogP contribution in [0.5, 0.6) is 0 Å². The Morgan fingerprint density at radius 1 is 0.762 bits per heavy atom. The summed E-state index contributed by atoms with van der Waals surface area (Å²) in [4.78, 5) is 28.6. The lowest BCUT2D eigenvalue weighted by Crippen LogP contribution is -2.29. The fourth-order valence-corrected chi connectivity index (χ4v) is 1.23. The third-order valence-electron chi connectivity index (χ3n) is 2.59. The second kappa shape index (κ2) is 13.4. The van der Waals surface area contributed by atoms with Gasteiger partial charge in [0.15, 0.2) is 0 Å². The number of hydrogen-bond acceptors (Lipinski definition) is 6. The minimum absolute atomic E-state index is 0.256. The molecule has 0 radical (unpaired) electrons. The van der Waals surface area contributed by atoms with Crippen LogP contribution in [0, 0.1) is 0 Å². The van der Waals surface area contributed by atoms with Gasteiger partial charge in [-0.3, -0.25) is 0 Å². The van der Waals surface area contributed by atoms with E-state index in [1.54, 1.807) is 0 Å². The van der Waals surface area contributed by atoms with Gasteiger partial charge in [-0.1, -0.05) is 45.2 Å². The van der Waals surface area contributed by atoms with Gasteiger partial charge in [-0.25, -0.2) is 9.59 Å². The lowest BCUT2D eigenvalue weighted by Gasteiger charge is -2.07. The molecule has 0 saturated heterocycles. The van der Waals surface area contributed by atoms with E-state index in [1.165, 1.54) is 0 Å². The molecule has 0 rings (SSSR count). The Labute approximate surface area is 126 Å². The molecule has 0 aromatic carbocycles. The molecule has 0 aliphatic rings. The Hall–Kier alpha value is -1.59. The van der Waals surface area contributed by atoms with Crippen LogP contribution in [-0.4, -0.2) is 37.5 Å². The molecule has 0 bridgehead atoms. The van der Waals surface area contributed by atoms with Gasteiger partial charge in [-0.15, -0.1) is 0 Å². The average molecular weight is 301 g/mol. The maximum absolute atomic E-state index is 11.8. The predicted molar refractivity (Wildman–Crippen MR) is 80.0 cm³/mol. The summed E-state index contributed by atoms with van der Waals surface area (Å²) in [6.07, 6.45) is 5.00. The molecule has 0 fully saturated rings. The van der Waals surface area contributed by atoms with Crippen molar-refractivity contribution in [2.24, 2.45) is 5.16 Å². The highest BCUT2D eigenvalue weighted by molar-refractivity contribution is 6.62. The molecule has 6 nitrogen and oxygen atoms in total. The number of carbonyl (C=O) groups excluding carboxylic acids is 2. The highest BCUT2D eigenvalue weighted by atomic mass is 16.6. The van der Waals surface area contributed by atoms with Crippen molar-refractivity contribution in [1.29, 1.82) is 0 Å². The third kappa shape index (κ3) is 9.87. The largest absolute Gasteiger partial charge is 0.461 e. The van der Waals surface area contributed by atoms with Gasteiger partial charge < -0.3 is 14.3 Å². The van der Waals surface area contributed by atoms with Crippen LogP contribution in [0.15, 0.2) is 5.16 Å². The lowest BCUT2D eigenvalue weighted by molar-refractivity contribution is -0.141. The summed E-state index contributed by atoms with van der Waals surface area (Å²) in [6.45, 7) is 6.83. The molecule has 0 aliphatic heterocycles. The van der Waals surface area contributed by atoms with Crippen LogP contribution in [0.2, 0.25) is 0 Å². The first-order valence-electron chi connectivity index (χ1n) is 7.71. The van der Waals surface area contributed by atoms with Crippen molar-refractivity contribution in [3.8, 4) is 0 Å². The summed E-state index contributed by atoms with van der Waals surface area (Å²) in [5, 5.41) is 3.59. The number of esters is 2. The zero-order chi connectivity index (χ0) is 15.9. The molecule has 122 valence electrons. The van der Waals surface area contributed by atoms with Crippen molar-refractivity contribution in [1.82, 2.24) is 0 Å². The molecule has 0 heterocycles. The molecular formula is C15H27NO5. The van der Waals surface area contributed by atoms with Gasteiger partial charge in [0.1, 0.15) is 6.61 Å². The van der Waals surface area contributed by atoms with Gasteiger partial charge >= 0.3 is 11.9 Å². The van der Waals surface area contributed by atoms with Gasteiger partial charge in [0.05, 0.1) is 13.2 Å². The van der Waals surface area contributed by atoms with E-state index >= 15 is 0 Å². The van der Waals surface area contributed by atoms with Crippen LogP contribution in [0.3, 0.4) is 0 Å². The maximum atomic E-state index is 11.8. The van der Waals surface area contributed by atoms with E-state index in [9.17, 15) is 9.59 Å². The fourth-order valence-electron chi connectivity index (χ4n) is 1.23. The number of rotatable bonds is 12. The van der Waals surface area contributed by atoms with Gasteiger partial charge in [0.2, 0.25) is 0 Å². The Balaban J connectivity index is 4.51. The maximum Gasteiger partial charge on any atom is 0.368 e. The molecule has 21 heavy (non-hydrogen) atoms. The molecular weight excluding hydrogens is 274 g/mol. The number of unbranched alkanes of at least 4 members (excludes halogenated alkanes) is 3. The Kier molecular flexibility index (Phi) is 12.4. The lowest BCUT2D eigenvalue weighted by atomic mass is 10.3. The van der Waals surface area contributed by atoms with Crippen molar-refractivity contribution >= 4 is 17.7 Å². The zero-order valence-corrected chi connectivity index (χ0v) is 13.4. The average Bonchev–Trinajstić information content (AvgIpc) is 2.47. The molecule has 6 heteroatoms. The van der Waals surface area contributed by atoms with E-state index in [0.717, 1.165) is 38.5 Å². The van der Waals surface area contributed by atoms with E-state index in [-0.39, 0.29) is 13.2 Å². The topological polar surface area (TPSA) is 74.2 Å². The predicted octanol–water partition coefficient (Wildman–Crippen LogP) is 2.85. The molecule has 0 aliphatic carbocycles. The minimum Gasteiger partial charge on any atom is -0.461 e. The number of ether oxygens (including phenoxy) is 2. The summed E-state index contributed by atoms with van der Waals surface area (Å²) in [7, 11) is 0. The van der Waals surface area contributed by atoms with E-state index in [1.807, 2.05) is 20.8 Å². The summed E-state index contributed by atoms with van der Waals surface area (Å²) < 4.78 is 9.96. The van der Waals surface area contributed by atoms with Crippen LogP contribution in [-0.2, 0) is 23.9 Å².